The smallest absolute Gasteiger partial charge is 0.268 e. The number of carbonyl (C=O) groups excluding carboxylic acids is 1. The molecule has 3 rings (SSSR count). The number of aromatic amines is 1. The van der Waals surface area contributed by atoms with Crippen LogP contribution in [0.25, 0.3) is 10.2 Å². The van der Waals surface area contributed by atoms with Crippen molar-refractivity contribution in [1.29, 1.82) is 0 Å². The van der Waals surface area contributed by atoms with Gasteiger partial charge in [0, 0.05) is 12.4 Å². The molecule has 0 aliphatic heterocycles. The molecular formula is C10H10N6OS. The van der Waals surface area contributed by atoms with Crippen molar-refractivity contribution in [3.05, 3.63) is 23.0 Å². The van der Waals surface area contributed by atoms with E-state index in [1.807, 2.05) is 20.0 Å². The zero-order valence-electron chi connectivity index (χ0n) is 9.76. The lowest BCUT2D eigenvalue weighted by atomic mass is 10.3. The molecule has 0 radical (unpaired) electrons. The largest absolute Gasteiger partial charge is 0.290 e. The van der Waals surface area contributed by atoms with Crippen LogP contribution in [0, 0.1) is 6.92 Å². The van der Waals surface area contributed by atoms with E-state index >= 15 is 0 Å². The number of hydrogen-bond donors (Lipinski definition) is 2. The van der Waals surface area contributed by atoms with Gasteiger partial charge >= 0.3 is 0 Å². The summed E-state index contributed by atoms with van der Waals surface area (Å²) in [5.74, 6) is 0.139. The second-order valence-electron chi connectivity index (χ2n) is 3.83. The number of thiophene rings is 1. The van der Waals surface area contributed by atoms with Gasteiger partial charge in [0.2, 0.25) is 5.95 Å². The predicted octanol–water partition coefficient (Wildman–Crippen LogP) is 1.31. The lowest BCUT2D eigenvalue weighted by Gasteiger charge is -1.97. The summed E-state index contributed by atoms with van der Waals surface area (Å²) >= 11 is 1.40. The Morgan fingerprint density at radius 3 is 3.06 bits per heavy atom. The number of aromatic nitrogens is 5. The fourth-order valence-corrected chi connectivity index (χ4v) is 2.77. The topological polar surface area (TPSA) is 88.5 Å². The predicted molar refractivity (Wildman–Crippen MR) is 67.7 cm³/mol. The third-order valence-electron chi connectivity index (χ3n) is 2.57. The molecule has 3 aromatic rings. The van der Waals surface area contributed by atoms with E-state index in [2.05, 4.69) is 25.6 Å². The zero-order chi connectivity index (χ0) is 12.7. The fourth-order valence-electron chi connectivity index (χ4n) is 1.75. The van der Waals surface area contributed by atoms with Gasteiger partial charge in [0.05, 0.1) is 10.6 Å². The number of aryl methyl sites for hydroxylation is 2. The normalized spacial score (nSPS) is 11.0. The summed E-state index contributed by atoms with van der Waals surface area (Å²) in [6.07, 6.45) is 1.34. The summed E-state index contributed by atoms with van der Waals surface area (Å²) in [6.45, 7) is 1.92. The van der Waals surface area contributed by atoms with E-state index in [-0.39, 0.29) is 5.91 Å². The number of fused-ring (bicyclic) bond motifs is 1. The maximum absolute atomic E-state index is 12.0. The molecule has 0 atom stereocenters. The average molecular weight is 262 g/mol. The molecular weight excluding hydrogens is 252 g/mol. The lowest BCUT2D eigenvalue weighted by molar-refractivity contribution is 0.103. The molecule has 3 heterocycles. The van der Waals surface area contributed by atoms with E-state index in [9.17, 15) is 4.79 Å². The van der Waals surface area contributed by atoms with Crippen molar-refractivity contribution in [2.45, 2.75) is 6.92 Å². The van der Waals surface area contributed by atoms with Crippen molar-refractivity contribution in [2.24, 2.45) is 7.05 Å². The first-order valence-electron chi connectivity index (χ1n) is 5.25. The molecule has 92 valence electrons. The summed E-state index contributed by atoms with van der Waals surface area (Å²) < 4.78 is 1.78. The number of rotatable bonds is 2. The van der Waals surface area contributed by atoms with E-state index in [1.54, 1.807) is 4.68 Å². The van der Waals surface area contributed by atoms with E-state index in [0.29, 0.717) is 10.8 Å². The van der Waals surface area contributed by atoms with Crippen molar-refractivity contribution in [3.63, 3.8) is 0 Å². The molecule has 0 unspecified atom stereocenters. The van der Waals surface area contributed by atoms with E-state index < -0.39 is 0 Å². The molecule has 0 saturated heterocycles. The molecule has 7 nitrogen and oxygen atoms in total. The van der Waals surface area contributed by atoms with E-state index in [0.717, 1.165) is 15.9 Å². The van der Waals surface area contributed by atoms with Gasteiger partial charge in [-0.05, 0) is 13.0 Å². The second kappa shape index (κ2) is 3.91. The Balaban J connectivity index is 1.94. The Morgan fingerprint density at radius 1 is 1.56 bits per heavy atom. The number of hydrogen-bond acceptors (Lipinski definition) is 5. The van der Waals surface area contributed by atoms with Crippen LogP contribution in [0.2, 0.25) is 0 Å². The number of carbonyl (C=O) groups is 1. The molecule has 0 aliphatic rings. The molecule has 0 fully saturated rings. The maximum Gasteiger partial charge on any atom is 0.268 e. The minimum atomic E-state index is -0.202. The number of amides is 1. The third kappa shape index (κ3) is 1.66. The minimum Gasteiger partial charge on any atom is -0.290 e. The Morgan fingerprint density at radius 2 is 2.39 bits per heavy atom. The van der Waals surface area contributed by atoms with Crippen molar-refractivity contribution in [3.8, 4) is 0 Å². The van der Waals surface area contributed by atoms with Crippen molar-refractivity contribution in [2.75, 3.05) is 5.32 Å². The maximum atomic E-state index is 12.0. The van der Waals surface area contributed by atoms with E-state index in [1.165, 1.54) is 17.7 Å². The van der Waals surface area contributed by atoms with Crippen LogP contribution >= 0.6 is 11.3 Å². The second-order valence-corrected chi connectivity index (χ2v) is 4.86. The minimum absolute atomic E-state index is 0.202. The highest BCUT2D eigenvalue weighted by atomic mass is 32.1. The van der Waals surface area contributed by atoms with Crippen LogP contribution in [0.3, 0.4) is 0 Å². The summed E-state index contributed by atoms with van der Waals surface area (Å²) in [5.41, 5.74) is 0.919. The van der Waals surface area contributed by atoms with Crippen LogP contribution in [-0.4, -0.2) is 30.9 Å². The van der Waals surface area contributed by atoms with Gasteiger partial charge in [0.15, 0.2) is 0 Å². The average Bonchev–Trinajstić information content (AvgIpc) is 3.00. The first-order valence-corrected chi connectivity index (χ1v) is 6.06. The summed E-state index contributed by atoms with van der Waals surface area (Å²) in [6, 6.07) is 1.84. The highest BCUT2D eigenvalue weighted by Crippen LogP contribution is 2.27. The van der Waals surface area contributed by atoms with Gasteiger partial charge in [-0.15, -0.1) is 11.3 Å². The quantitative estimate of drug-likeness (QED) is 0.729. The summed E-state index contributed by atoms with van der Waals surface area (Å²) in [5, 5.41) is 14.2. The van der Waals surface area contributed by atoms with Crippen LogP contribution in [-0.2, 0) is 7.05 Å². The van der Waals surface area contributed by atoms with Crippen LogP contribution in [0.4, 0.5) is 5.95 Å². The molecule has 18 heavy (non-hydrogen) atoms. The van der Waals surface area contributed by atoms with Crippen molar-refractivity contribution >= 4 is 33.4 Å². The van der Waals surface area contributed by atoms with Gasteiger partial charge in [-0.3, -0.25) is 14.8 Å². The van der Waals surface area contributed by atoms with Gasteiger partial charge in [0.25, 0.3) is 5.91 Å². The molecule has 2 N–H and O–H groups in total. The molecule has 0 bridgehead atoms. The van der Waals surface area contributed by atoms with Gasteiger partial charge in [-0.2, -0.15) is 15.2 Å². The first kappa shape index (κ1) is 10.9. The SMILES string of the molecule is Cc1nn(C)c2sc(C(=O)Nc3ncn[nH]3)cc12. The van der Waals surface area contributed by atoms with Crippen LogP contribution in [0.5, 0.6) is 0 Å². The molecule has 0 saturated carbocycles. The van der Waals surface area contributed by atoms with Gasteiger partial charge in [0.1, 0.15) is 11.2 Å². The van der Waals surface area contributed by atoms with Gasteiger partial charge in [-0.1, -0.05) is 0 Å². The van der Waals surface area contributed by atoms with Crippen molar-refractivity contribution in [1.82, 2.24) is 25.0 Å². The Kier molecular flexibility index (Phi) is 2.37. The van der Waals surface area contributed by atoms with Gasteiger partial charge in [-0.25, -0.2) is 5.10 Å². The Bertz CT molecular complexity index is 676. The van der Waals surface area contributed by atoms with Gasteiger partial charge < -0.3 is 0 Å². The fraction of sp³-hybridized carbons (Fsp3) is 0.200. The molecule has 0 aliphatic carbocycles. The molecule has 1 amide bonds. The number of anilines is 1. The van der Waals surface area contributed by atoms with Crippen LogP contribution in [0.15, 0.2) is 12.4 Å². The number of nitrogens with zero attached hydrogens (tertiary/aromatic N) is 4. The number of nitrogens with one attached hydrogen (secondary N) is 2. The summed E-state index contributed by atoms with van der Waals surface area (Å²) in [4.78, 5) is 17.4. The third-order valence-corrected chi connectivity index (χ3v) is 3.77. The standard InChI is InChI=1S/C10H10N6OS/c1-5-6-3-7(18-9(6)16(2)15-5)8(17)13-10-11-4-12-14-10/h3-4H,1-2H3,(H2,11,12,13,14,17). The first-order chi connectivity index (χ1) is 8.65. The van der Waals surface area contributed by atoms with E-state index in [4.69, 9.17) is 0 Å². The lowest BCUT2D eigenvalue weighted by Crippen LogP contribution is -2.11. The van der Waals surface area contributed by atoms with Crippen molar-refractivity contribution < 1.29 is 4.79 Å². The molecule has 8 heteroatoms. The highest BCUT2D eigenvalue weighted by Gasteiger charge is 2.15. The zero-order valence-corrected chi connectivity index (χ0v) is 10.6. The van der Waals surface area contributed by atoms with Crippen LogP contribution in [0.1, 0.15) is 15.4 Å². The monoisotopic (exact) mass is 262 g/mol. The molecule has 0 spiro atoms. The number of H-pyrrole nitrogens is 1. The Hall–Kier alpha value is -2.22. The highest BCUT2D eigenvalue weighted by molar-refractivity contribution is 7.20. The van der Waals surface area contributed by atoms with Crippen LogP contribution < -0.4 is 5.32 Å². The Labute approximate surface area is 106 Å². The summed E-state index contributed by atoms with van der Waals surface area (Å²) in [7, 11) is 1.87. The molecule has 0 aromatic carbocycles. The molecule has 3 aromatic heterocycles.